The number of carbonyl (C=O) groups excluding carboxylic acids is 1. The number of carbonyl (C=O) groups is 1. The number of terminal acetylenes is 1. The van der Waals surface area contributed by atoms with Gasteiger partial charge in [-0.15, -0.1) is 6.42 Å². The van der Waals surface area contributed by atoms with Crippen LogP contribution in [0.2, 0.25) is 0 Å². The Balaban J connectivity index is 1.69. The number of anilines is 1. The number of benzene rings is 1. The fourth-order valence-corrected chi connectivity index (χ4v) is 4.00. The third kappa shape index (κ3) is 7.04. The first-order chi connectivity index (χ1) is 17.5. The Hall–Kier alpha value is -3.94. The van der Waals surface area contributed by atoms with Gasteiger partial charge in [0, 0.05) is 49.8 Å². The van der Waals surface area contributed by atoms with Gasteiger partial charge in [-0.3, -0.25) is 14.9 Å². The summed E-state index contributed by atoms with van der Waals surface area (Å²) in [4.78, 5) is 27.1. The molecule has 1 aromatic carbocycles. The molecule has 2 aromatic rings. The summed E-state index contributed by atoms with van der Waals surface area (Å²) in [7, 11) is 0. The maximum Gasteiger partial charge on any atom is 0.287 e. The fraction of sp³-hybridized carbons (Fsp3) is 0.385. The molecular formula is C26H30N4O6. The Labute approximate surface area is 209 Å². The molecular weight excluding hydrogens is 464 g/mol. The summed E-state index contributed by atoms with van der Waals surface area (Å²) < 4.78 is 11.8. The van der Waals surface area contributed by atoms with Crippen molar-refractivity contribution in [3.05, 3.63) is 75.7 Å². The molecule has 3 rings (SSSR count). The van der Waals surface area contributed by atoms with Crippen molar-refractivity contribution in [2.45, 2.75) is 32.0 Å². The minimum absolute atomic E-state index is 0.0474. The van der Waals surface area contributed by atoms with E-state index < -0.39 is 11.2 Å². The smallest absolute Gasteiger partial charge is 0.287 e. The van der Waals surface area contributed by atoms with Gasteiger partial charge in [0.1, 0.15) is 12.0 Å². The van der Waals surface area contributed by atoms with E-state index in [4.69, 9.17) is 15.9 Å². The molecule has 1 aromatic heterocycles. The monoisotopic (exact) mass is 494 g/mol. The molecule has 3 N–H and O–H groups in total. The number of nitrogens with one attached hydrogen (secondary N) is 2. The molecule has 3 atom stereocenters. The topological polar surface area (TPSA) is 136 Å². The van der Waals surface area contributed by atoms with E-state index in [9.17, 15) is 20.0 Å². The second-order valence-electron chi connectivity index (χ2n) is 8.14. The van der Waals surface area contributed by atoms with Crippen LogP contribution in [0.25, 0.3) is 0 Å². The van der Waals surface area contributed by atoms with Gasteiger partial charge < -0.3 is 25.2 Å². The summed E-state index contributed by atoms with van der Waals surface area (Å²) in [5.74, 6) is 2.57. The molecule has 36 heavy (non-hydrogen) atoms. The van der Waals surface area contributed by atoms with E-state index in [1.165, 1.54) is 18.3 Å². The van der Waals surface area contributed by atoms with Gasteiger partial charge in [0.15, 0.2) is 5.76 Å². The van der Waals surface area contributed by atoms with Crippen molar-refractivity contribution < 1.29 is 24.3 Å². The largest absolute Gasteiger partial charge is 0.459 e. The molecule has 1 aliphatic rings. The summed E-state index contributed by atoms with van der Waals surface area (Å²) in [6.07, 6.45) is 9.03. The van der Waals surface area contributed by atoms with Gasteiger partial charge >= 0.3 is 0 Å². The molecule has 190 valence electrons. The van der Waals surface area contributed by atoms with Crippen LogP contribution in [0.1, 0.15) is 36.8 Å². The lowest BCUT2D eigenvalue weighted by molar-refractivity contribution is -0.385. The third-order valence-electron chi connectivity index (χ3n) is 5.77. The van der Waals surface area contributed by atoms with Crippen molar-refractivity contribution in [3.63, 3.8) is 0 Å². The Kier molecular flexibility index (Phi) is 9.80. The van der Waals surface area contributed by atoms with E-state index in [1.54, 1.807) is 6.08 Å². The first-order valence-electron chi connectivity index (χ1n) is 11.8. The Morgan fingerprint density at radius 1 is 1.28 bits per heavy atom. The lowest BCUT2D eigenvalue weighted by Crippen LogP contribution is -2.39. The van der Waals surface area contributed by atoms with Gasteiger partial charge in [-0.2, -0.15) is 0 Å². The Bertz CT molecular complexity index is 1090. The van der Waals surface area contributed by atoms with Crippen LogP contribution >= 0.6 is 0 Å². The molecule has 1 amide bonds. The van der Waals surface area contributed by atoms with E-state index >= 15 is 0 Å². The fourth-order valence-electron chi connectivity index (χ4n) is 4.00. The summed E-state index contributed by atoms with van der Waals surface area (Å²) in [5, 5.41) is 25.9. The highest BCUT2D eigenvalue weighted by molar-refractivity contribution is 5.91. The SMILES string of the molecule is C#Cc1ccc([C@H]2C=C(C(=O)NCCNc3ccc([N+](=O)[O-])cn3)O[C@@H](OCC)[C@@H]2CCCO)cc1. The number of nitrogens with zero attached hydrogens (tertiary/aromatic N) is 2. The lowest BCUT2D eigenvalue weighted by atomic mass is 9.80. The maximum absolute atomic E-state index is 12.9. The summed E-state index contributed by atoms with van der Waals surface area (Å²) in [6, 6.07) is 10.4. The molecule has 1 aliphatic heterocycles. The third-order valence-corrected chi connectivity index (χ3v) is 5.77. The van der Waals surface area contributed by atoms with Crippen LogP contribution in [0.4, 0.5) is 11.5 Å². The van der Waals surface area contributed by atoms with Crippen LogP contribution in [0.3, 0.4) is 0 Å². The second-order valence-corrected chi connectivity index (χ2v) is 8.14. The minimum Gasteiger partial charge on any atom is -0.459 e. The van der Waals surface area contributed by atoms with Crippen molar-refractivity contribution in [1.29, 1.82) is 0 Å². The van der Waals surface area contributed by atoms with Crippen LogP contribution < -0.4 is 10.6 Å². The van der Waals surface area contributed by atoms with Gasteiger partial charge in [0.05, 0.1) is 4.92 Å². The molecule has 10 nitrogen and oxygen atoms in total. The average Bonchev–Trinajstić information content (AvgIpc) is 2.90. The van der Waals surface area contributed by atoms with E-state index in [1.807, 2.05) is 31.2 Å². The predicted molar refractivity (Wildman–Crippen MR) is 134 cm³/mol. The highest BCUT2D eigenvalue weighted by atomic mass is 16.7. The van der Waals surface area contributed by atoms with Crippen molar-refractivity contribution in [3.8, 4) is 12.3 Å². The normalized spacial score (nSPS) is 18.9. The molecule has 0 saturated carbocycles. The van der Waals surface area contributed by atoms with Gasteiger partial charge in [0.25, 0.3) is 11.6 Å². The number of allylic oxidation sites excluding steroid dienone is 1. The molecule has 0 unspecified atom stereocenters. The lowest BCUT2D eigenvalue weighted by Gasteiger charge is -2.37. The number of rotatable bonds is 12. The highest BCUT2D eigenvalue weighted by Gasteiger charge is 2.37. The number of nitro groups is 1. The van der Waals surface area contributed by atoms with Gasteiger partial charge in [-0.25, -0.2) is 4.98 Å². The zero-order valence-corrected chi connectivity index (χ0v) is 20.1. The average molecular weight is 495 g/mol. The van der Waals surface area contributed by atoms with Crippen LogP contribution in [-0.2, 0) is 14.3 Å². The van der Waals surface area contributed by atoms with Crippen molar-refractivity contribution in [2.75, 3.05) is 31.6 Å². The molecule has 0 bridgehead atoms. The maximum atomic E-state index is 12.9. The number of ether oxygens (including phenoxy) is 2. The molecule has 0 radical (unpaired) electrons. The zero-order valence-electron chi connectivity index (χ0n) is 20.1. The quantitative estimate of drug-likeness (QED) is 0.177. The van der Waals surface area contributed by atoms with E-state index in [2.05, 4.69) is 21.5 Å². The Morgan fingerprint density at radius 3 is 2.67 bits per heavy atom. The number of aromatic nitrogens is 1. The minimum atomic E-state index is -0.646. The first kappa shape index (κ1) is 26.7. The molecule has 2 heterocycles. The van der Waals surface area contributed by atoms with Crippen molar-refractivity contribution >= 4 is 17.4 Å². The van der Waals surface area contributed by atoms with Gasteiger partial charge in [0.2, 0.25) is 6.29 Å². The number of hydrogen-bond acceptors (Lipinski definition) is 8. The number of amides is 1. The molecule has 0 spiro atoms. The van der Waals surface area contributed by atoms with Crippen LogP contribution in [0.5, 0.6) is 0 Å². The summed E-state index contributed by atoms with van der Waals surface area (Å²) in [6.45, 7) is 2.94. The predicted octanol–water partition coefficient (Wildman–Crippen LogP) is 2.95. The van der Waals surface area contributed by atoms with Gasteiger partial charge in [-0.1, -0.05) is 18.1 Å². The number of aliphatic hydroxyl groups is 1. The number of pyridine rings is 1. The summed E-state index contributed by atoms with van der Waals surface area (Å²) >= 11 is 0. The van der Waals surface area contributed by atoms with Crippen molar-refractivity contribution in [2.24, 2.45) is 5.92 Å². The second kappa shape index (κ2) is 13.2. The molecule has 10 heteroatoms. The highest BCUT2D eigenvalue weighted by Crippen LogP contribution is 2.39. The standard InChI is InChI=1S/C26H30N4O6/c1-3-18-7-9-19(10-8-18)22-16-23(36-26(35-4-2)21(22)6-5-15-31)25(32)28-14-13-27-24-12-11-20(17-29-24)30(33)34/h1,7-12,16-17,21-22,26,31H,4-6,13-15H2,2H3,(H,27,29)(H,28,32)/t21-,22-,26-/m1/s1. The molecule has 0 aliphatic carbocycles. The first-order valence-corrected chi connectivity index (χ1v) is 11.8. The van der Waals surface area contributed by atoms with Crippen molar-refractivity contribution in [1.82, 2.24) is 10.3 Å². The molecule has 0 fully saturated rings. The number of hydrogen-bond donors (Lipinski definition) is 3. The van der Waals surface area contributed by atoms with E-state index in [0.717, 1.165) is 11.1 Å². The van der Waals surface area contributed by atoms with E-state index in [0.29, 0.717) is 31.8 Å². The summed E-state index contributed by atoms with van der Waals surface area (Å²) in [5.41, 5.74) is 1.64. The van der Waals surface area contributed by atoms with Gasteiger partial charge in [-0.05, 0) is 49.6 Å². The van der Waals surface area contributed by atoms with Crippen LogP contribution in [0, 0.1) is 28.4 Å². The number of aliphatic hydroxyl groups excluding tert-OH is 1. The van der Waals surface area contributed by atoms with Crippen LogP contribution in [-0.4, -0.2) is 53.5 Å². The zero-order chi connectivity index (χ0) is 25.9. The molecule has 0 saturated heterocycles. The van der Waals surface area contributed by atoms with Crippen LogP contribution in [0.15, 0.2) is 54.4 Å². The Morgan fingerprint density at radius 2 is 2.06 bits per heavy atom. The van der Waals surface area contributed by atoms with E-state index in [-0.39, 0.29) is 42.3 Å².